The number of rotatable bonds is 5. The number of urea groups is 1. The number of hydrogen-bond acceptors (Lipinski definition) is 5. The van der Waals surface area contributed by atoms with Crippen molar-refractivity contribution in [2.75, 3.05) is 32.7 Å². The summed E-state index contributed by atoms with van der Waals surface area (Å²) in [7, 11) is 0. The van der Waals surface area contributed by atoms with Gasteiger partial charge in [-0.15, -0.1) is 0 Å². The second-order valence-electron chi connectivity index (χ2n) is 7.50. The van der Waals surface area contributed by atoms with Crippen LogP contribution in [0.4, 0.5) is 4.79 Å². The number of aromatic nitrogens is 3. The Morgan fingerprint density at radius 1 is 1.33 bits per heavy atom. The third-order valence-corrected chi connectivity index (χ3v) is 5.66. The molecule has 2 aromatic heterocycles. The van der Waals surface area contributed by atoms with E-state index in [9.17, 15) is 4.79 Å². The van der Waals surface area contributed by atoms with Crippen molar-refractivity contribution in [1.82, 2.24) is 30.3 Å². The van der Waals surface area contributed by atoms with Crippen LogP contribution in [-0.4, -0.2) is 63.7 Å². The highest BCUT2D eigenvalue weighted by Gasteiger charge is 2.29. The number of furan rings is 1. The fourth-order valence-electron chi connectivity index (χ4n) is 4.12. The number of amides is 2. The van der Waals surface area contributed by atoms with Gasteiger partial charge in [0.1, 0.15) is 11.6 Å². The van der Waals surface area contributed by atoms with Gasteiger partial charge in [-0.25, -0.2) is 9.78 Å². The number of H-pyrrole nitrogens is 1. The molecule has 2 amide bonds. The predicted octanol–water partition coefficient (Wildman–Crippen LogP) is 2.43. The first-order valence-electron chi connectivity index (χ1n) is 9.90. The molecule has 0 saturated carbocycles. The van der Waals surface area contributed by atoms with Gasteiger partial charge in [0.2, 0.25) is 0 Å². The Morgan fingerprint density at radius 3 is 2.74 bits per heavy atom. The van der Waals surface area contributed by atoms with Gasteiger partial charge < -0.3 is 14.6 Å². The Hall–Kier alpha value is -2.35. The summed E-state index contributed by atoms with van der Waals surface area (Å²) in [6.07, 6.45) is 5.92. The summed E-state index contributed by atoms with van der Waals surface area (Å²) in [4.78, 5) is 21.4. The van der Waals surface area contributed by atoms with E-state index < -0.39 is 0 Å². The van der Waals surface area contributed by atoms with Crippen molar-refractivity contribution in [3.05, 3.63) is 35.8 Å². The number of likely N-dealkylation sites (tertiary alicyclic amines) is 2. The first-order chi connectivity index (χ1) is 13.2. The lowest BCUT2D eigenvalue weighted by Gasteiger charge is -2.32. The van der Waals surface area contributed by atoms with Gasteiger partial charge in [0.15, 0.2) is 5.82 Å². The standard InChI is InChI=1S/C19H28N6O2/c1-14-21-18(23-22-14)15-6-10-25(11-7-15)19(26)20-13-16(17-5-4-12-27-17)24-8-2-3-9-24/h4-5,12,15-16H,2-3,6-11,13H2,1H3,(H,20,26)(H,21,22,23)/t16-/m0/s1. The van der Waals surface area contributed by atoms with E-state index in [1.807, 2.05) is 24.0 Å². The van der Waals surface area contributed by atoms with Gasteiger partial charge in [-0.3, -0.25) is 10.00 Å². The molecular formula is C19H28N6O2. The van der Waals surface area contributed by atoms with Crippen LogP contribution >= 0.6 is 0 Å². The van der Waals surface area contributed by atoms with E-state index in [0.29, 0.717) is 12.5 Å². The third-order valence-electron chi connectivity index (χ3n) is 5.66. The lowest BCUT2D eigenvalue weighted by atomic mass is 9.96. The average Bonchev–Trinajstić information content (AvgIpc) is 3.45. The third kappa shape index (κ3) is 4.16. The lowest BCUT2D eigenvalue weighted by Crippen LogP contribution is -2.46. The molecule has 2 fully saturated rings. The van der Waals surface area contributed by atoms with Crippen molar-refractivity contribution in [3.8, 4) is 0 Å². The smallest absolute Gasteiger partial charge is 0.317 e. The van der Waals surface area contributed by atoms with E-state index in [1.165, 1.54) is 12.8 Å². The Morgan fingerprint density at radius 2 is 2.11 bits per heavy atom. The predicted molar refractivity (Wildman–Crippen MR) is 100 cm³/mol. The molecule has 0 spiro atoms. The van der Waals surface area contributed by atoms with E-state index in [2.05, 4.69) is 25.4 Å². The summed E-state index contributed by atoms with van der Waals surface area (Å²) >= 11 is 0. The van der Waals surface area contributed by atoms with Crippen LogP contribution in [0.15, 0.2) is 22.8 Å². The van der Waals surface area contributed by atoms with Gasteiger partial charge in [0.25, 0.3) is 0 Å². The second-order valence-corrected chi connectivity index (χ2v) is 7.50. The summed E-state index contributed by atoms with van der Waals surface area (Å²) in [5.41, 5.74) is 0. The number of piperidine rings is 1. The van der Waals surface area contributed by atoms with Crippen LogP contribution < -0.4 is 5.32 Å². The van der Waals surface area contributed by atoms with Crippen LogP contribution in [0.5, 0.6) is 0 Å². The van der Waals surface area contributed by atoms with Crippen molar-refractivity contribution in [3.63, 3.8) is 0 Å². The number of hydrogen-bond donors (Lipinski definition) is 2. The molecule has 2 aromatic rings. The summed E-state index contributed by atoms with van der Waals surface area (Å²) < 4.78 is 5.63. The molecule has 4 rings (SSSR count). The van der Waals surface area contributed by atoms with E-state index in [4.69, 9.17) is 4.42 Å². The second kappa shape index (κ2) is 8.12. The van der Waals surface area contributed by atoms with Crippen LogP contribution in [-0.2, 0) is 0 Å². The summed E-state index contributed by atoms with van der Waals surface area (Å²) in [6.45, 7) is 6.07. The molecule has 0 aliphatic carbocycles. The molecule has 1 atom stereocenters. The van der Waals surface area contributed by atoms with E-state index in [1.54, 1.807) is 6.26 Å². The largest absolute Gasteiger partial charge is 0.468 e. The topological polar surface area (TPSA) is 90.3 Å². The molecule has 0 bridgehead atoms. The Labute approximate surface area is 159 Å². The molecule has 4 heterocycles. The Balaban J connectivity index is 1.30. The molecular weight excluding hydrogens is 344 g/mol. The molecule has 0 unspecified atom stereocenters. The van der Waals surface area contributed by atoms with Crippen LogP contribution in [0, 0.1) is 6.92 Å². The van der Waals surface area contributed by atoms with Crippen LogP contribution in [0.2, 0.25) is 0 Å². The molecule has 2 aliphatic rings. The van der Waals surface area contributed by atoms with Crippen molar-refractivity contribution in [2.45, 2.75) is 44.6 Å². The Bertz CT molecular complexity index is 729. The molecule has 0 radical (unpaired) electrons. The molecule has 2 saturated heterocycles. The van der Waals surface area contributed by atoms with E-state index >= 15 is 0 Å². The molecule has 2 aliphatic heterocycles. The van der Waals surface area contributed by atoms with Gasteiger partial charge in [-0.2, -0.15) is 5.10 Å². The zero-order chi connectivity index (χ0) is 18.6. The number of nitrogens with zero attached hydrogens (tertiary/aromatic N) is 4. The number of carbonyl (C=O) groups excluding carboxylic acids is 1. The monoisotopic (exact) mass is 372 g/mol. The number of aryl methyl sites for hydroxylation is 1. The maximum absolute atomic E-state index is 12.7. The SMILES string of the molecule is Cc1nc(C2CCN(C(=O)NC[C@@H](c3ccco3)N3CCCC3)CC2)n[nH]1. The molecule has 8 heteroatoms. The average molecular weight is 372 g/mol. The number of aromatic amines is 1. The highest BCUT2D eigenvalue weighted by molar-refractivity contribution is 5.74. The summed E-state index contributed by atoms with van der Waals surface area (Å²) in [6, 6.07) is 4.03. The number of carbonyl (C=O) groups is 1. The highest BCUT2D eigenvalue weighted by Crippen LogP contribution is 2.27. The fraction of sp³-hybridized carbons (Fsp3) is 0.632. The van der Waals surface area contributed by atoms with Crippen LogP contribution in [0.25, 0.3) is 0 Å². The van der Waals surface area contributed by atoms with Crippen molar-refractivity contribution in [2.24, 2.45) is 0 Å². The minimum absolute atomic E-state index is 0.00960. The van der Waals surface area contributed by atoms with E-state index in [0.717, 1.165) is 56.4 Å². The lowest BCUT2D eigenvalue weighted by molar-refractivity contribution is 0.169. The quantitative estimate of drug-likeness (QED) is 0.841. The zero-order valence-corrected chi connectivity index (χ0v) is 15.9. The first-order valence-corrected chi connectivity index (χ1v) is 9.90. The summed E-state index contributed by atoms with van der Waals surface area (Å²) in [5, 5.41) is 10.3. The molecule has 2 N–H and O–H groups in total. The van der Waals surface area contributed by atoms with Gasteiger partial charge >= 0.3 is 6.03 Å². The molecule has 0 aromatic carbocycles. The normalized spacial score (nSPS) is 20.1. The first kappa shape index (κ1) is 18.0. The fourth-order valence-corrected chi connectivity index (χ4v) is 4.12. The Kier molecular flexibility index (Phi) is 5.42. The maximum atomic E-state index is 12.7. The van der Waals surface area contributed by atoms with Crippen molar-refractivity contribution >= 4 is 6.03 Å². The molecule has 8 nitrogen and oxygen atoms in total. The maximum Gasteiger partial charge on any atom is 0.317 e. The minimum Gasteiger partial charge on any atom is -0.468 e. The van der Waals surface area contributed by atoms with Gasteiger partial charge in [-0.1, -0.05) is 0 Å². The molecule has 27 heavy (non-hydrogen) atoms. The van der Waals surface area contributed by atoms with Gasteiger partial charge in [0.05, 0.1) is 12.3 Å². The van der Waals surface area contributed by atoms with Crippen LogP contribution in [0.1, 0.15) is 55.1 Å². The summed E-state index contributed by atoms with van der Waals surface area (Å²) in [5.74, 6) is 2.98. The van der Waals surface area contributed by atoms with Crippen molar-refractivity contribution in [1.29, 1.82) is 0 Å². The molecule has 146 valence electrons. The van der Waals surface area contributed by atoms with E-state index in [-0.39, 0.29) is 12.1 Å². The van der Waals surface area contributed by atoms with Crippen molar-refractivity contribution < 1.29 is 9.21 Å². The number of nitrogens with one attached hydrogen (secondary N) is 2. The highest BCUT2D eigenvalue weighted by atomic mass is 16.3. The minimum atomic E-state index is 0.00960. The zero-order valence-electron chi connectivity index (χ0n) is 15.9. The van der Waals surface area contributed by atoms with Gasteiger partial charge in [-0.05, 0) is 57.8 Å². The van der Waals surface area contributed by atoms with Gasteiger partial charge in [0, 0.05) is 25.6 Å². The van der Waals surface area contributed by atoms with Crippen LogP contribution in [0.3, 0.4) is 0 Å².